The van der Waals surface area contributed by atoms with Crippen LogP contribution >= 0.6 is 12.4 Å². The quantitative estimate of drug-likeness (QED) is 0.488. The van der Waals surface area contributed by atoms with Gasteiger partial charge >= 0.3 is 0 Å². The summed E-state index contributed by atoms with van der Waals surface area (Å²) in [5.74, 6) is 0.800. The van der Waals surface area contributed by atoms with Gasteiger partial charge in [-0.3, -0.25) is 0 Å². The first-order valence-electron chi connectivity index (χ1n) is 6.74. The van der Waals surface area contributed by atoms with E-state index in [0.29, 0.717) is 18.3 Å². The Labute approximate surface area is 131 Å². The summed E-state index contributed by atoms with van der Waals surface area (Å²) >= 11 is 0. The number of benzene rings is 2. The van der Waals surface area contributed by atoms with E-state index in [1.807, 2.05) is 56.3 Å². The molecule has 0 atom stereocenters. The van der Waals surface area contributed by atoms with Crippen molar-refractivity contribution in [2.45, 2.75) is 19.9 Å². The number of nitrogens with one attached hydrogen (secondary N) is 1. The molecule has 0 amide bonds. The summed E-state index contributed by atoms with van der Waals surface area (Å²) in [5.41, 5.74) is 0.576. The van der Waals surface area contributed by atoms with Crippen molar-refractivity contribution in [3.63, 3.8) is 0 Å². The third-order valence-electron chi connectivity index (χ3n) is 3.00. The Balaban J connectivity index is 0.00000220. The summed E-state index contributed by atoms with van der Waals surface area (Å²) in [6.07, 6.45) is 0. The number of halogens is 1. The Morgan fingerprint density at radius 2 is 1.90 bits per heavy atom. The first kappa shape index (κ1) is 17.3. The van der Waals surface area contributed by atoms with Gasteiger partial charge in [0.2, 0.25) is 0 Å². The molecule has 0 spiro atoms. The lowest BCUT2D eigenvalue weighted by molar-refractivity contribution is 0.305. The minimum absolute atomic E-state index is 0. The van der Waals surface area contributed by atoms with Crippen molar-refractivity contribution in [2.24, 2.45) is 5.16 Å². The van der Waals surface area contributed by atoms with Gasteiger partial charge in [-0.15, -0.1) is 12.4 Å². The molecule has 0 fully saturated rings. The summed E-state index contributed by atoms with van der Waals surface area (Å²) < 4.78 is 5.77. The summed E-state index contributed by atoms with van der Waals surface area (Å²) in [6, 6.07) is 14.3. The highest BCUT2D eigenvalue weighted by molar-refractivity contribution is 5.90. The van der Waals surface area contributed by atoms with Crippen molar-refractivity contribution in [1.29, 1.82) is 0 Å². The van der Waals surface area contributed by atoms with Gasteiger partial charge in [-0.2, -0.15) is 0 Å². The van der Waals surface area contributed by atoms with Crippen molar-refractivity contribution < 1.29 is 9.94 Å². The first-order valence-corrected chi connectivity index (χ1v) is 6.74. The number of hydrogen-bond donors (Lipinski definition) is 2. The molecular formula is C16H21ClN2O2. The molecule has 0 bridgehead atoms. The Hall–Kier alpha value is -1.78. The number of rotatable bonds is 6. The zero-order chi connectivity index (χ0) is 14.4. The molecule has 21 heavy (non-hydrogen) atoms. The summed E-state index contributed by atoms with van der Waals surface area (Å²) in [6.45, 7) is 4.87. The Bertz CT molecular complexity index is 594. The van der Waals surface area contributed by atoms with Crippen LogP contribution in [0.3, 0.4) is 0 Å². The predicted molar refractivity (Wildman–Crippen MR) is 89.1 cm³/mol. The smallest absolute Gasteiger partial charge is 0.131 e. The minimum Gasteiger partial charge on any atom is -0.487 e. The molecule has 0 aliphatic heterocycles. The molecule has 0 unspecified atom stereocenters. The fourth-order valence-corrected chi connectivity index (χ4v) is 1.92. The summed E-state index contributed by atoms with van der Waals surface area (Å²) in [7, 11) is 0. The van der Waals surface area contributed by atoms with E-state index >= 15 is 0 Å². The van der Waals surface area contributed by atoms with Crippen LogP contribution in [0.15, 0.2) is 47.6 Å². The van der Waals surface area contributed by atoms with E-state index in [0.717, 1.165) is 16.5 Å². The van der Waals surface area contributed by atoms with E-state index in [1.165, 1.54) is 0 Å². The van der Waals surface area contributed by atoms with Crippen LogP contribution < -0.4 is 10.1 Å². The van der Waals surface area contributed by atoms with Crippen molar-refractivity contribution in [1.82, 2.24) is 5.32 Å². The topological polar surface area (TPSA) is 53.8 Å². The fraction of sp³-hybridized carbons (Fsp3) is 0.312. The molecule has 0 aromatic heterocycles. The van der Waals surface area contributed by atoms with Crippen LogP contribution in [0.4, 0.5) is 0 Å². The van der Waals surface area contributed by atoms with Gasteiger partial charge in [0.05, 0.1) is 0 Å². The molecule has 114 valence electrons. The van der Waals surface area contributed by atoms with Gasteiger partial charge in [-0.1, -0.05) is 55.4 Å². The highest BCUT2D eigenvalue weighted by Gasteiger charge is 2.05. The number of hydrogen-bond acceptors (Lipinski definition) is 4. The maximum atomic E-state index is 9.00. The van der Waals surface area contributed by atoms with Gasteiger partial charge < -0.3 is 15.3 Å². The van der Waals surface area contributed by atoms with Crippen LogP contribution in [0.25, 0.3) is 10.8 Å². The van der Waals surface area contributed by atoms with Crippen LogP contribution in [-0.2, 0) is 0 Å². The molecule has 0 saturated heterocycles. The van der Waals surface area contributed by atoms with Gasteiger partial charge in [-0.25, -0.2) is 0 Å². The molecule has 0 aliphatic carbocycles. The van der Waals surface area contributed by atoms with Gasteiger partial charge in [-0.05, 0) is 11.5 Å². The predicted octanol–water partition coefficient (Wildman–Crippen LogP) is 3.47. The molecule has 0 radical (unpaired) electrons. The molecule has 0 heterocycles. The number of nitrogens with zero attached hydrogens (tertiary/aromatic N) is 1. The first-order chi connectivity index (χ1) is 9.70. The lowest BCUT2D eigenvalue weighted by Gasteiger charge is -2.12. The van der Waals surface area contributed by atoms with Gasteiger partial charge in [0.15, 0.2) is 0 Å². The van der Waals surface area contributed by atoms with Crippen LogP contribution in [0, 0.1) is 0 Å². The zero-order valence-electron chi connectivity index (χ0n) is 12.2. The van der Waals surface area contributed by atoms with Gasteiger partial charge in [0.1, 0.15) is 18.1 Å². The van der Waals surface area contributed by atoms with Crippen LogP contribution in [0.5, 0.6) is 5.75 Å². The lowest BCUT2D eigenvalue weighted by Crippen LogP contribution is -2.32. The van der Waals surface area contributed by atoms with Crippen LogP contribution in [0.1, 0.15) is 13.8 Å². The maximum absolute atomic E-state index is 9.00. The van der Waals surface area contributed by atoms with Crippen LogP contribution in [0.2, 0.25) is 0 Å². The molecule has 4 nitrogen and oxygen atoms in total. The normalized spacial score (nSPS) is 11.5. The molecule has 2 aromatic carbocycles. The van der Waals surface area contributed by atoms with E-state index in [9.17, 15) is 0 Å². The average molecular weight is 309 g/mol. The number of ether oxygens (including phenoxy) is 1. The molecule has 2 N–H and O–H groups in total. The van der Waals surface area contributed by atoms with E-state index in [-0.39, 0.29) is 19.0 Å². The number of fused-ring (bicyclic) bond motifs is 1. The molecule has 0 saturated carbocycles. The Morgan fingerprint density at radius 1 is 1.19 bits per heavy atom. The molecule has 0 aliphatic rings. The fourth-order valence-electron chi connectivity index (χ4n) is 1.92. The lowest BCUT2D eigenvalue weighted by atomic mass is 10.1. The Kier molecular flexibility index (Phi) is 6.99. The SMILES string of the molecule is CC(C)NCC(COc1cccc2ccccc12)=NO.Cl. The third kappa shape index (κ3) is 4.92. The maximum Gasteiger partial charge on any atom is 0.131 e. The van der Waals surface area contributed by atoms with E-state index in [4.69, 9.17) is 9.94 Å². The van der Waals surface area contributed by atoms with Crippen LogP contribution in [-0.4, -0.2) is 30.1 Å². The highest BCUT2D eigenvalue weighted by Crippen LogP contribution is 2.24. The second kappa shape index (κ2) is 8.49. The van der Waals surface area contributed by atoms with E-state index < -0.39 is 0 Å². The largest absolute Gasteiger partial charge is 0.487 e. The van der Waals surface area contributed by atoms with Crippen molar-refractivity contribution in [2.75, 3.05) is 13.2 Å². The minimum atomic E-state index is 0. The van der Waals surface area contributed by atoms with Gasteiger partial charge in [0.25, 0.3) is 0 Å². The average Bonchev–Trinajstić information content (AvgIpc) is 2.47. The summed E-state index contributed by atoms with van der Waals surface area (Å²) in [5, 5.41) is 17.7. The zero-order valence-corrected chi connectivity index (χ0v) is 13.1. The second-order valence-corrected chi connectivity index (χ2v) is 4.97. The standard InChI is InChI=1S/C16H20N2O2.ClH/c1-12(2)17-10-14(18-19)11-20-16-9-5-7-13-6-3-4-8-15(13)16;/h3-9,12,17,19H,10-11H2,1-2H3;1H. The molecule has 5 heteroatoms. The van der Waals surface area contributed by atoms with Crippen molar-refractivity contribution in [3.05, 3.63) is 42.5 Å². The molecule has 2 rings (SSSR count). The van der Waals surface area contributed by atoms with Crippen molar-refractivity contribution in [3.8, 4) is 5.75 Å². The third-order valence-corrected chi connectivity index (χ3v) is 3.00. The van der Waals surface area contributed by atoms with E-state index in [2.05, 4.69) is 10.5 Å². The second-order valence-electron chi connectivity index (χ2n) is 4.97. The number of oxime groups is 1. The Morgan fingerprint density at radius 3 is 2.62 bits per heavy atom. The van der Waals surface area contributed by atoms with Gasteiger partial charge in [0, 0.05) is 18.0 Å². The monoisotopic (exact) mass is 308 g/mol. The molecule has 2 aromatic rings. The van der Waals surface area contributed by atoms with E-state index in [1.54, 1.807) is 0 Å². The van der Waals surface area contributed by atoms with Crippen molar-refractivity contribution >= 4 is 28.9 Å². The summed E-state index contributed by atoms with van der Waals surface area (Å²) in [4.78, 5) is 0. The molecular weight excluding hydrogens is 288 g/mol. The highest BCUT2D eigenvalue weighted by atomic mass is 35.5.